The number of hydrogen-bond acceptors (Lipinski definition) is 5. The van der Waals surface area contributed by atoms with Gasteiger partial charge in [-0.1, -0.05) is 36.4 Å². The zero-order valence-corrected chi connectivity index (χ0v) is 17.5. The number of carbonyl (C=O) groups is 3. The minimum atomic E-state index is -1.18. The number of benzene rings is 2. The van der Waals surface area contributed by atoms with Crippen LogP contribution in [0, 0.1) is 5.92 Å². The van der Waals surface area contributed by atoms with Gasteiger partial charge in [0, 0.05) is 18.2 Å². The Hall–Kier alpha value is -3.23. The molecule has 0 saturated heterocycles. The molecule has 3 amide bonds. The third-order valence-electron chi connectivity index (χ3n) is 4.77. The van der Waals surface area contributed by atoms with E-state index < -0.39 is 42.3 Å². The summed E-state index contributed by atoms with van der Waals surface area (Å²) in [5.74, 6) is -2.27. The monoisotopic (exact) mass is 427 g/mol. The summed E-state index contributed by atoms with van der Waals surface area (Å²) >= 11 is 0. The van der Waals surface area contributed by atoms with E-state index in [1.54, 1.807) is 19.1 Å². The molecule has 2 rings (SSSR count). The summed E-state index contributed by atoms with van der Waals surface area (Å²) in [7, 11) is 0. The molecule has 8 heteroatoms. The Kier molecular flexibility index (Phi) is 9.17. The average Bonchev–Trinajstić information content (AvgIpc) is 2.76. The van der Waals surface area contributed by atoms with Crippen molar-refractivity contribution in [2.45, 2.75) is 31.8 Å². The molecule has 31 heavy (non-hydrogen) atoms. The lowest BCUT2D eigenvalue weighted by Crippen LogP contribution is -2.49. The standard InChI is InChI=1S/C23H29N3O5/c1-3-6-18(12-21(29)24-15(2)13-27)22(30)26-20(14-28)23(31)25-19-10-9-16-7-4-5-8-17(16)11-19/h3-5,7-11,15,18,20,27-28H,1,6,12-14H2,2H3,(H,24,29)(H,25,31)(H,26,30). The second kappa shape index (κ2) is 11.8. The Morgan fingerprint density at radius 1 is 1.00 bits per heavy atom. The van der Waals surface area contributed by atoms with Crippen LogP contribution in [0.2, 0.25) is 0 Å². The predicted octanol–water partition coefficient (Wildman–Crippen LogP) is 1.33. The third kappa shape index (κ3) is 7.20. The second-order valence-corrected chi connectivity index (χ2v) is 7.37. The van der Waals surface area contributed by atoms with Crippen molar-refractivity contribution in [2.75, 3.05) is 18.5 Å². The minimum Gasteiger partial charge on any atom is -0.394 e. The van der Waals surface area contributed by atoms with Crippen LogP contribution in [0.1, 0.15) is 19.8 Å². The van der Waals surface area contributed by atoms with Crippen LogP contribution in [0.15, 0.2) is 55.1 Å². The maximum atomic E-state index is 12.6. The van der Waals surface area contributed by atoms with Crippen LogP contribution in [-0.4, -0.2) is 53.2 Å². The number of aliphatic hydroxyl groups excluding tert-OH is 2. The van der Waals surface area contributed by atoms with Crippen molar-refractivity contribution in [1.82, 2.24) is 10.6 Å². The van der Waals surface area contributed by atoms with Crippen molar-refractivity contribution < 1.29 is 24.6 Å². The number of amides is 3. The molecular formula is C23H29N3O5. The van der Waals surface area contributed by atoms with E-state index in [9.17, 15) is 19.5 Å². The molecule has 0 heterocycles. The molecule has 2 aromatic carbocycles. The first-order chi connectivity index (χ1) is 14.9. The lowest BCUT2D eigenvalue weighted by Gasteiger charge is -2.21. The third-order valence-corrected chi connectivity index (χ3v) is 4.77. The van der Waals surface area contributed by atoms with Gasteiger partial charge in [-0.3, -0.25) is 14.4 Å². The van der Waals surface area contributed by atoms with E-state index in [1.165, 1.54) is 6.08 Å². The number of rotatable bonds is 11. The Morgan fingerprint density at radius 3 is 2.35 bits per heavy atom. The van der Waals surface area contributed by atoms with Crippen molar-refractivity contribution in [3.63, 3.8) is 0 Å². The summed E-state index contributed by atoms with van der Waals surface area (Å²) in [4.78, 5) is 37.3. The topological polar surface area (TPSA) is 128 Å². The quantitative estimate of drug-likeness (QED) is 0.346. The molecule has 0 aliphatic rings. The average molecular weight is 428 g/mol. The number of allylic oxidation sites excluding steroid dienone is 1. The van der Waals surface area contributed by atoms with E-state index in [-0.39, 0.29) is 19.4 Å². The van der Waals surface area contributed by atoms with Crippen LogP contribution in [0.3, 0.4) is 0 Å². The lowest BCUT2D eigenvalue weighted by molar-refractivity contribution is -0.133. The highest BCUT2D eigenvalue weighted by molar-refractivity contribution is 5.99. The Balaban J connectivity index is 2.02. The SMILES string of the molecule is C=CCC(CC(=O)NC(C)CO)C(=O)NC(CO)C(=O)Nc1ccc2ccccc2c1. The Bertz CT molecular complexity index is 930. The zero-order valence-electron chi connectivity index (χ0n) is 17.5. The van der Waals surface area contributed by atoms with Gasteiger partial charge in [0.15, 0.2) is 0 Å². The van der Waals surface area contributed by atoms with E-state index in [1.807, 2.05) is 30.3 Å². The maximum Gasteiger partial charge on any atom is 0.249 e. The van der Waals surface area contributed by atoms with E-state index in [0.717, 1.165) is 10.8 Å². The number of carbonyl (C=O) groups excluding carboxylic acids is 3. The summed E-state index contributed by atoms with van der Waals surface area (Å²) in [5.41, 5.74) is 0.538. The van der Waals surface area contributed by atoms with Crippen molar-refractivity contribution >= 4 is 34.2 Å². The van der Waals surface area contributed by atoms with Gasteiger partial charge in [-0.25, -0.2) is 0 Å². The van der Waals surface area contributed by atoms with E-state index in [2.05, 4.69) is 22.5 Å². The van der Waals surface area contributed by atoms with Crippen LogP contribution in [-0.2, 0) is 14.4 Å². The highest BCUT2D eigenvalue weighted by atomic mass is 16.3. The molecule has 0 radical (unpaired) electrons. The van der Waals surface area contributed by atoms with Gasteiger partial charge in [-0.2, -0.15) is 0 Å². The van der Waals surface area contributed by atoms with Gasteiger partial charge in [0.25, 0.3) is 0 Å². The molecule has 3 atom stereocenters. The van der Waals surface area contributed by atoms with Crippen LogP contribution >= 0.6 is 0 Å². The van der Waals surface area contributed by atoms with Gasteiger partial charge in [0.05, 0.1) is 19.1 Å². The maximum absolute atomic E-state index is 12.6. The molecule has 0 saturated carbocycles. The van der Waals surface area contributed by atoms with Crippen LogP contribution in [0.4, 0.5) is 5.69 Å². The van der Waals surface area contributed by atoms with Crippen LogP contribution in [0.5, 0.6) is 0 Å². The molecule has 5 N–H and O–H groups in total. The summed E-state index contributed by atoms with van der Waals surface area (Å²) in [6.07, 6.45) is 1.60. The summed E-state index contributed by atoms with van der Waals surface area (Å²) in [6, 6.07) is 11.5. The first-order valence-corrected chi connectivity index (χ1v) is 10.1. The molecule has 0 bridgehead atoms. The fourth-order valence-electron chi connectivity index (χ4n) is 3.07. The molecular weight excluding hydrogens is 398 g/mol. The molecule has 0 aliphatic carbocycles. The Labute approximate surface area is 181 Å². The Morgan fingerprint density at radius 2 is 1.71 bits per heavy atom. The highest BCUT2D eigenvalue weighted by Crippen LogP contribution is 2.19. The number of fused-ring (bicyclic) bond motifs is 1. The normalized spacial score (nSPS) is 13.6. The van der Waals surface area contributed by atoms with Crippen LogP contribution in [0.25, 0.3) is 10.8 Å². The van der Waals surface area contributed by atoms with Crippen molar-refractivity contribution in [3.05, 3.63) is 55.1 Å². The van der Waals surface area contributed by atoms with Crippen molar-refractivity contribution in [3.8, 4) is 0 Å². The van der Waals surface area contributed by atoms with Gasteiger partial charge < -0.3 is 26.2 Å². The number of nitrogens with one attached hydrogen (secondary N) is 3. The zero-order chi connectivity index (χ0) is 22.8. The molecule has 8 nitrogen and oxygen atoms in total. The highest BCUT2D eigenvalue weighted by Gasteiger charge is 2.26. The van der Waals surface area contributed by atoms with E-state index in [0.29, 0.717) is 5.69 Å². The molecule has 3 unspecified atom stereocenters. The molecule has 0 fully saturated rings. The molecule has 0 spiro atoms. The number of aliphatic hydroxyl groups is 2. The van der Waals surface area contributed by atoms with E-state index >= 15 is 0 Å². The van der Waals surface area contributed by atoms with Gasteiger partial charge in [0.2, 0.25) is 17.7 Å². The smallest absolute Gasteiger partial charge is 0.249 e. The fourth-order valence-corrected chi connectivity index (χ4v) is 3.07. The largest absolute Gasteiger partial charge is 0.394 e. The van der Waals surface area contributed by atoms with Gasteiger partial charge >= 0.3 is 0 Å². The van der Waals surface area contributed by atoms with Crippen LogP contribution < -0.4 is 16.0 Å². The minimum absolute atomic E-state index is 0.132. The van der Waals surface area contributed by atoms with Gasteiger partial charge in [0.1, 0.15) is 6.04 Å². The van der Waals surface area contributed by atoms with Crippen molar-refractivity contribution in [1.29, 1.82) is 0 Å². The molecule has 166 valence electrons. The van der Waals surface area contributed by atoms with Gasteiger partial charge in [-0.05, 0) is 36.2 Å². The predicted molar refractivity (Wildman–Crippen MR) is 119 cm³/mol. The molecule has 2 aromatic rings. The molecule has 0 aliphatic heterocycles. The summed E-state index contributed by atoms with van der Waals surface area (Å²) < 4.78 is 0. The second-order valence-electron chi connectivity index (χ2n) is 7.37. The first kappa shape index (κ1) is 24.0. The molecule has 0 aromatic heterocycles. The summed E-state index contributed by atoms with van der Waals surface area (Å²) in [6.45, 7) is 4.43. The first-order valence-electron chi connectivity index (χ1n) is 10.1. The fraction of sp³-hybridized carbons (Fsp3) is 0.348. The van der Waals surface area contributed by atoms with Gasteiger partial charge in [-0.15, -0.1) is 6.58 Å². The number of anilines is 1. The van der Waals surface area contributed by atoms with Crippen molar-refractivity contribution in [2.24, 2.45) is 5.92 Å². The lowest BCUT2D eigenvalue weighted by atomic mass is 9.99. The summed E-state index contributed by atoms with van der Waals surface area (Å²) in [5, 5.41) is 28.4. The number of hydrogen-bond donors (Lipinski definition) is 5. The van der Waals surface area contributed by atoms with E-state index in [4.69, 9.17) is 5.11 Å².